The minimum atomic E-state index is -0.934. The van der Waals surface area contributed by atoms with E-state index in [4.69, 9.17) is 4.74 Å². The molecule has 6 nitrogen and oxygen atoms in total. The standard InChI is InChI=1S/C16H18N2O4/c19-15(13-11-6-22-7-12(11)13)17-5-9-3-4-10(16(20)21)14(18-9)8-1-2-8/h3-4,8,11-13H,1-2,5-7H2,(H,17,19)(H,20,21)/t11-,12+,13?. The Hall–Kier alpha value is -1.95. The van der Waals surface area contributed by atoms with E-state index in [2.05, 4.69) is 10.3 Å². The molecular weight excluding hydrogens is 284 g/mol. The first-order valence-corrected chi connectivity index (χ1v) is 7.73. The number of nitrogens with zero attached hydrogens (tertiary/aromatic N) is 1. The second-order valence-corrected chi connectivity index (χ2v) is 6.42. The topological polar surface area (TPSA) is 88.5 Å². The summed E-state index contributed by atoms with van der Waals surface area (Å²) in [5, 5.41) is 12.1. The Morgan fingerprint density at radius 3 is 2.64 bits per heavy atom. The molecule has 4 rings (SSSR count). The predicted molar refractivity (Wildman–Crippen MR) is 76.3 cm³/mol. The minimum absolute atomic E-state index is 0.0652. The van der Waals surface area contributed by atoms with Gasteiger partial charge in [0.05, 0.1) is 36.7 Å². The molecule has 0 radical (unpaired) electrons. The molecule has 1 aromatic rings. The highest BCUT2D eigenvalue weighted by molar-refractivity contribution is 5.89. The lowest BCUT2D eigenvalue weighted by atomic mass is 10.1. The van der Waals surface area contributed by atoms with Crippen LogP contribution in [0.4, 0.5) is 0 Å². The van der Waals surface area contributed by atoms with Gasteiger partial charge in [0.15, 0.2) is 0 Å². The number of carbonyl (C=O) groups excluding carboxylic acids is 1. The monoisotopic (exact) mass is 302 g/mol. The third-order valence-electron chi connectivity index (χ3n) is 4.88. The number of carbonyl (C=O) groups is 2. The molecule has 116 valence electrons. The lowest BCUT2D eigenvalue weighted by Crippen LogP contribution is -2.27. The Labute approximate surface area is 127 Å². The summed E-state index contributed by atoms with van der Waals surface area (Å²) in [6.07, 6.45) is 1.99. The van der Waals surface area contributed by atoms with Crippen molar-refractivity contribution in [3.05, 3.63) is 29.1 Å². The fraction of sp³-hybridized carbons (Fsp3) is 0.562. The molecule has 2 heterocycles. The molecule has 3 atom stereocenters. The maximum Gasteiger partial charge on any atom is 0.337 e. The predicted octanol–water partition coefficient (Wildman–Crippen LogP) is 1.17. The number of rotatable bonds is 5. The quantitative estimate of drug-likeness (QED) is 0.852. The van der Waals surface area contributed by atoms with Crippen molar-refractivity contribution in [2.24, 2.45) is 17.8 Å². The summed E-state index contributed by atoms with van der Waals surface area (Å²) in [4.78, 5) is 27.8. The van der Waals surface area contributed by atoms with E-state index < -0.39 is 5.97 Å². The normalized spacial score (nSPS) is 29.0. The molecule has 2 saturated carbocycles. The van der Waals surface area contributed by atoms with Gasteiger partial charge in [0.25, 0.3) is 0 Å². The van der Waals surface area contributed by atoms with E-state index in [0.29, 0.717) is 37.3 Å². The molecule has 1 amide bonds. The molecule has 1 saturated heterocycles. The SMILES string of the molecule is O=C(O)c1ccc(CNC(=O)C2[C@H]3COC[C@@H]23)nc1C1CC1. The van der Waals surface area contributed by atoms with Crippen molar-refractivity contribution in [2.75, 3.05) is 13.2 Å². The summed E-state index contributed by atoms with van der Waals surface area (Å²) in [5.41, 5.74) is 1.67. The van der Waals surface area contributed by atoms with Gasteiger partial charge in [-0.2, -0.15) is 0 Å². The summed E-state index contributed by atoms with van der Waals surface area (Å²) in [6.45, 7) is 1.75. The molecule has 1 unspecified atom stereocenters. The second-order valence-electron chi connectivity index (χ2n) is 6.42. The van der Waals surface area contributed by atoms with Gasteiger partial charge in [-0.3, -0.25) is 9.78 Å². The number of pyridine rings is 1. The zero-order chi connectivity index (χ0) is 15.3. The van der Waals surface area contributed by atoms with Crippen LogP contribution < -0.4 is 5.32 Å². The number of hydrogen-bond acceptors (Lipinski definition) is 4. The Morgan fingerprint density at radius 2 is 2.00 bits per heavy atom. The van der Waals surface area contributed by atoms with Crippen LogP contribution in [0.15, 0.2) is 12.1 Å². The molecule has 3 fully saturated rings. The first kappa shape index (κ1) is 13.7. The van der Waals surface area contributed by atoms with Crippen LogP contribution in [0.2, 0.25) is 0 Å². The van der Waals surface area contributed by atoms with Gasteiger partial charge in [0, 0.05) is 11.8 Å². The van der Waals surface area contributed by atoms with E-state index in [9.17, 15) is 14.7 Å². The van der Waals surface area contributed by atoms with Gasteiger partial charge < -0.3 is 15.2 Å². The zero-order valence-electron chi connectivity index (χ0n) is 12.1. The van der Waals surface area contributed by atoms with Crippen LogP contribution in [0.1, 0.15) is 40.5 Å². The molecule has 6 heteroatoms. The van der Waals surface area contributed by atoms with Crippen LogP contribution in [0.5, 0.6) is 0 Å². The molecule has 1 aliphatic heterocycles. The van der Waals surface area contributed by atoms with E-state index in [0.717, 1.165) is 18.5 Å². The van der Waals surface area contributed by atoms with Crippen molar-refractivity contribution in [1.29, 1.82) is 0 Å². The highest BCUT2D eigenvalue weighted by Gasteiger charge is 2.57. The van der Waals surface area contributed by atoms with Gasteiger partial charge in [-0.1, -0.05) is 0 Å². The maximum atomic E-state index is 12.1. The van der Waals surface area contributed by atoms with Gasteiger partial charge in [-0.25, -0.2) is 4.79 Å². The van der Waals surface area contributed by atoms with Gasteiger partial charge in [-0.05, 0) is 36.8 Å². The number of hydrogen-bond donors (Lipinski definition) is 2. The highest BCUT2D eigenvalue weighted by atomic mass is 16.5. The molecule has 0 bridgehead atoms. The molecule has 22 heavy (non-hydrogen) atoms. The van der Waals surface area contributed by atoms with Gasteiger partial charge in [0.2, 0.25) is 5.91 Å². The summed E-state index contributed by atoms with van der Waals surface area (Å²) < 4.78 is 5.29. The van der Waals surface area contributed by atoms with Crippen molar-refractivity contribution in [2.45, 2.75) is 25.3 Å². The lowest BCUT2D eigenvalue weighted by Gasteiger charge is -2.09. The number of amides is 1. The Morgan fingerprint density at radius 1 is 1.27 bits per heavy atom. The fourth-order valence-electron chi connectivity index (χ4n) is 3.39. The molecule has 0 aromatic carbocycles. The molecule has 1 aromatic heterocycles. The Balaban J connectivity index is 1.41. The van der Waals surface area contributed by atoms with Crippen molar-refractivity contribution >= 4 is 11.9 Å². The first-order valence-electron chi connectivity index (χ1n) is 7.73. The number of aromatic nitrogens is 1. The largest absolute Gasteiger partial charge is 0.478 e. The third kappa shape index (κ3) is 2.37. The highest BCUT2D eigenvalue weighted by Crippen LogP contribution is 2.50. The van der Waals surface area contributed by atoms with Gasteiger partial charge >= 0.3 is 5.97 Å². The molecular formula is C16H18N2O4. The van der Waals surface area contributed by atoms with Crippen molar-refractivity contribution < 1.29 is 19.4 Å². The molecule has 3 aliphatic rings. The zero-order valence-corrected chi connectivity index (χ0v) is 12.1. The lowest BCUT2D eigenvalue weighted by molar-refractivity contribution is -0.123. The van der Waals surface area contributed by atoms with E-state index >= 15 is 0 Å². The number of fused-ring (bicyclic) bond motifs is 1. The first-order chi connectivity index (χ1) is 10.6. The van der Waals surface area contributed by atoms with Crippen LogP contribution in [0.3, 0.4) is 0 Å². The average molecular weight is 302 g/mol. The number of carboxylic acids is 1. The van der Waals surface area contributed by atoms with Crippen LogP contribution in [0, 0.1) is 17.8 Å². The summed E-state index contributed by atoms with van der Waals surface area (Å²) >= 11 is 0. The van der Waals surface area contributed by atoms with Crippen molar-refractivity contribution in [1.82, 2.24) is 10.3 Å². The van der Waals surface area contributed by atoms with E-state index in [1.807, 2.05) is 0 Å². The minimum Gasteiger partial charge on any atom is -0.478 e. The van der Waals surface area contributed by atoms with E-state index in [-0.39, 0.29) is 23.3 Å². The Kier molecular flexibility index (Phi) is 3.14. The molecule has 2 N–H and O–H groups in total. The average Bonchev–Trinajstić information content (AvgIpc) is 3.42. The molecule has 0 spiro atoms. The van der Waals surface area contributed by atoms with Crippen molar-refractivity contribution in [3.8, 4) is 0 Å². The van der Waals surface area contributed by atoms with E-state index in [1.165, 1.54) is 0 Å². The maximum absolute atomic E-state index is 12.1. The number of ether oxygens (including phenoxy) is 1. The van der Waals surface area contributed by atoms with E-state index in [1.54, 1.807) is 12.1 Å². The van der Waals surface area contributed by atoms with Crippen LogP contribution in [-0.4, -0.2) is 35.2 Å². The van der Waals surface area contributed by atoms with Gasteiger partial charge in [0.1, 0.15) is 0 Å². The molecule has 2 aliphatic carbocycles. The van der Waals surface area contributed by atoms with Crippen LogP contribution in [0.25, 0.3) is 0 Å². The van der Waals surface area contributed by atoms with Crippen LogP contribution >= 0.6 is 0 Å². The number of nitrogens with one attached hydrogen (secondary N) is 1. The summed E-state index contributed by atoms with van der Waals surface area (Å²) in [7, 11) is 0. The second kappa shape index (κ2) is 5.05. The summed E-state index contributed by atoms with van der Waals surface area (Å²) in [5.74, 6) is 0.275. The van der Waals surface area contributed by atoms with Crippen molar-refractivity contribution in [3.63, 3.8) is 0 Å². The fourth-order valence-corrected chi connectivity index (χ4v) is 3.39. The summed E-state index contributed by atoms with van der Waals surface area (Å²) in [6, 6.07) is 3.29. The Bertz CT molecular complexity index is 631. The van der Waals surface area contributed by atoms with Crippen LogP contribution in [-0.2, 0) is 16.1 Å². The smallest absolute Gasteiger partial charge is 0.337 e. The van der Waals surface area contributed by atoms with Gasteiger partial charge in [-0.15, -0.1) is 0 Å². The third-order valence-corrected chi connectivity index (χ3v) is 4.88. The number of aromatic carboxylic acids is 1. The number of carboxylic acid groups (broad SMARTS) is 1.